The monoisotopic (exact) mass is 391 g/mol. The Kier molecular flexibility index (Phi) is 5.36. The van der Waals surface area contributed by atoms with Gasteiger partial charge in [-0.2, -0.15) is 0 Å². The van der Waals surface area contributed by atoms with E-state index in [1.807, 2.05) is 36.6 Å². The van der Waals surface area contributed by atoms with Crippen molar-refractivity contribution in [1.82, 2.24) is 5.32 Å². The Bertz CT molecular complexity index is 928. The van der Waals surface area contributed by atoms with Crippen LogP contribution in [0.25, 0.3) is 0 Å². The van der Waals surface area contributed by atoms with E-state index in [0.717, 1.165) is 5.56 Å². The molecule has 4 nitrogen and oxygen atoms in total. The number of sulfone groups is 1. The summed E-state index contributed by atoms with van der Waals surface area (Å²) in [6, 6.07) is 14.2. The molecule has 7 heteroatoms. The molecular formula is C18H17NO3S3. The molecule has 3 rings (SSSR count). The van der Waals surface area contributed by atoms with Crippen molar-refractivity contribution < 1.29 is 13.2 Å². The summed E-state index contributed by atoms with van der Waals surface area (Å²) in [5.41, 5.74) is 1.73. The predicted octanol–water partition coefficient (Wildman–Crippen LogP) is 4.06. The zero-order valence-electron chi connectivity index (χ0n) is 13.5. The molecular weight excluding hydrogens is 374 g/mol. The Morgan fingerprint density at radius 3 is 2.32 bits per heavy atom. The van der Waals surface area contributed by atoms with Crippen LogP contribution in [-0.2, 0) is 9.84 Å². The van der Waals surface area contributed by atoms with E-state index >= 15 is 0 Å². The van der Waals surface area contributed by atoms with Crippen molar-refractivity contribution in [3.63, 3.8) is 0 Å². The highest BCUT2D eigenvalue weighted by Gasteiger charge is 2.30. The smallest absolute Gasteiger partial charge is 0.261 e. The highest BCUT2D eigenvalue weighted by molar-refractivity contribution is 7.93. The van der Waals surface area contributed by atoms with Crippen molar-refractivity contribution in [3.05, 3.63) is 75.3 Å². The van der Waals surface area contributed by atoms with Crippen LogP contribution in [0.1, 0.15) is 26.0 Å². The topological polar surface area (TPSA) is 63.2 Å². The number of aryl methyl sites for hydroxylation is 1. The van der Waals surface area contributed by atoms with Crippen LogP contribution in [0.4, 0.5) is 0 Å². The lowest BCUT2D eigenvalue weighted by Gasteiger charge is -2.18. The summed E-state index contributed by atoms with van der Waals surface area (Å²) in [7, 11) is -3.58. The average molecular weight is 392 g/mol. The lowest BCUT2D eigenvalue weighted by molar-refractivity contribution is 0.0957. The number of amides is 1. The molecule has 0 radical (unpaired) electrons. The number of hydrogen-bond donors (Lipinski definition) is 1. The van der Waals surface area contributed by atoms with Gasteiger partial charge in [-0.15, -0.1) is 22.7 Å². The van der Waals surface area contributed by atoms with Gasteiger partial charge in [0, 0.05) is 6.54 Å². The highest BCUT2D eigenvalue weighted by atomic mass is 32.2. The zero-order chi connectivity index (χ0) is 17.9. The summed E-state index contributed by atoms with van der Waals surface area (Å²) in [5.74, 6) is -0.256. The molecule has 0 saturated heterocycles. The van der Waals surface area contributed by atoms with Crippen molar-refractivity contribution in [2.45, 2.75) is 16.4 Å². The molecule has 0 fully saturated rings. The molecule has 1 amide bonds. The quantitative estimate of drug-likeness (QED) is 0.689. The average Bonchev–Trinajstić information content (AvgIpc) is 3.30. The standard InChI is InChI=1S/C18H17NO3S3/c1-13-6-8-14(9-7-13)16(25(21,22)17-5-3-11-24-17)12-19-18(20)15-4-2-10-23-15/h2-11,16H,12H2,1H3,(H,19,20)/t16-/m1/s1. The molecule has 2 heterocycles. The van der Waals surface area contributed by atoms with E-state index in [1.165, 1.54) is 22.7 Å². The molecule has 0 aliphatic rings. The molecule has 0 saturated carbocycles. The largest absolute Gasteiger partial charge is 0.350 e. The van der Waals surface area contributed by atoms with E-state index in [-0.39, 0.29) is 12.5 Å². The number of hydrogen-bond acceptors (Lipinski definition) is 5. The summed E-state index contributed by atoms with van der Waals surface area (Å²) >= 11 is 2.52. The van der Waals surface area contributed by atoms with Crippen LogP contribution in [0, 0.1) is 6.92 Å². The summed E-state index contributed by atoms with van der Waals surface area (Å²) < 4.78 is 26.4. The second kappa shape index (κ2) is 7.51. The third-order valence-corrected chi connectivity index (χ3v) is 8.19. The van der Waals surface area contributed by atoms with Crippen molar-refractivity contribution in [1.29, 1.82) is 0 Å². The third-order valence-electron chi connectivity index (χ3n) is 3.79. The van der Waals surface area contributed by atoms with Crippen LogP contribution in [0.15, 0.2) is 63.5 Å². The predicted molar refractivity (Wildman–Crippen MR) is 102 cm³/mol. The van der Waals surface area contributed by atoms with Crippen LogP contribution in [-0.4, -0.2) is 20.9 Å². The summed E-state index contributed by atoms with van der Waals surface area (Å²) in [6.07, 6.45) is 0. The minimum Gasteiger partial charge on any atom is -0.350 e. The van der Waals surface area contributed by atoms with Crippen molar-refractivity contribution >= 4 is 38.4 Å². The van der Waals surface area contributed by atoms with Gasteiger partial charge in [0.1, 0.15) is 9.46 Å². The first kappa shape index (κ1) is 17.8. The molecule has 1 atom stereocenters. The van der Waals surface area contributed by atoms with E-state index in [9.17, 15) is 13.2 Å². The molecule has 25 heavy (non-hydrogen) atoms. The number of nitrogens with one attached hydrogen (secondary N) is 1. The Morgan fingerprint density at radius 2 is 1.72 bits per heavy atom. The maximum Gasteiger partial charge on any atom is 0.261 e. The second-order valence-electron chi connectivity index (χ2n) is 5.56. The van der Waals surface area contributed by atoms with Crippen molar-refractivity contribution in [3.8, 4) is 0 Å². The van der Waals surface area contributed by atoms with Gasteiger partial charge in [-0.1, -0.05) is 42.0 Å². The molecule has 1 aromatic carbocycles. The number of thiophene rings is 2. The van der Waals surface area contributed by atoms with E-state index in [2.05, 4.69) is 5.32 Å². The molecule has 0 spiro atoms. The van der Waals surface area contributed by atoms with Crippen LogP contribution in [0.5, 0.6) is 0 Å². The fraction of sp³-hybridized carbons (Fsp3) is 0.167. The minimum atomic E-state index is -3.58. The van der Waals surface area contributed by atoms with Gasteiger partial charge in [-0.05, 0) is 35.4 Å². The highest BCUT2D eigenvalue weighted by Crippen LogP contribution is 2.31. The van der Waals surface area contributed by atoms with Crippen LogP contribution in [0.2, 0.25) is 0 Å². The molecule has 0 bridgehead atoms. The van der Waals surface area contributed by atoms with Gasteiger partial charge < -0.3 is 5.32 Å². The molecule has 1 N–H and O–H groups in total. The van der Waals surface area contributed by atoms with Crippen molar-refractivity contribution in [2.24, 2.45) is 0 Å². The SMILES string of the molecule is Cc1ccc([C@@H](CNC(=O)c2cccs2)S(=O)(=O)c2cccs2)cc1. The zero-order valence-corrected chi connectivity index (χ0v) is 16.0. The van der Waals surface area contributed by atoms with Gasteiger partial charge >= 0.3 is 0 Å². The Balaban J connectivity index is 1.89. The summed E-state index contributed by atoms with van der Waals surface area (Å²) in [4.78, 5) is 12.8. The lowest BCUT2D eigenvalue weighted by atomic mass is 10.1. The second-order valence-corrected chi connectivity index (χ2v) is 9.82. The van der Waals surface area contributed by atoms with E-state index in [0.29, 0.717) is 14.6 Å². The van der Waals surface area contributed by atoms with E-state index in [1.54, 1.807) is 29.6 Å². The van der Waals surface area contributed by atoms with E-state index < -0.39 is 15.1 Å². The van der Waals surface area contributed by atoms with E-state index in [4.69, 9.17) is 0 Å². The first-order valence-electron chi connectivity index (χ1n) is 7.64. The fourth-order valence-corrected chi connectivity index (χ4v) is 5.94. The van der Waals surface area contributed by atoms with Gasteiger partial charge in [-0.3, -0.25) is 4.79 Å². The van der Waals surface area contributed by atoms with Gasteiger partial charge in [0.2, 0.25) is 0 Å². The van der Waals surface area contributed by atoms with Gasteiger partial charge in [-0.25, -0.2) is 8.42 Å². The molecule has 2 aromatic heterocycles. The number of carbonyl (C=O) groups is 1. The Morgan fingerprint density at radius 1 is 1.04 bits per heavy atom. The van der Waals surface area contributed by atoms with Gasteiger partial charge in [0.25, 0.3) is 5.91 Å². The summed E-state index contributed by atoms with van der Waals surface area (Å²) in [6.45, 7) is 1.98. The molecule has 130 valence electrons. The maximum absolute atomic E-state index is 13.0. The molecule has 3 aromatic rings. The third kappa shape index (κ3) is 4.00. The van der Waals surface area contributed by atoms with Crippen LogP contribution < -0.4 is 5.32 Å². The van der Waals surface area contributed by atoms with Crippen LogP contribution >= 0.6 is 22.7 Å². The fourth-order valence-electron chi connectivity index (χ4n) is 2.43. The normalized spacial score (nSPS) is 12.7. The Hall–Kier alpha value is -1.96. The molecule has 0 aliphatic carbocycles. The minimum absolute atomic E-state index is 0.0278. The Labute approximate surface area is 155 Å². The first-order chi connectivity index (χ1) is 12.0. The lowest BCUT2D eigenvalue weighted by Crippen LogP contribution is -2.31. The maximum atomic E-state index is 13.0. The molecule has 0 unspecified atom stereocenters. The number of rotatable bonds is 6. The summed E-state index contributed by atoms with van der Waals surface area (Å²) in [5, 5.41) is 5.49. The van der Waals surface area contributed by atoms with Crippen LogP contribution in [0.3, 0.4) is 0 Å². The first-order valence-corrected chi connectivity index (χ1v) is 10.9. The molecule has 0 aliphatic heterocycles. The van der Waals surface area contributed by atoms with Gasteiger partial charge in [0.15, 0.2) is 9.84 Å². The number of carbonyl (C=O) groups excluding carboxylic acids is 1. The number of benzene rings is 1. The van der Waals surface area contributed by atoms with Gasteiger partial charge in [0.05, 0.1) is 4.88 Å². The van der Waals surface area contributed by atoms with Crippen molar-refractivity contribution in [2.75, 3.05) is 6.54 Å².